The Labute approximate surface area is 152 Å². The monoisotopic (exact) mass is 380 g/mol. The molecule has 1 aromatic carbocycles. The number of fused-ring (bicyclic) bond motifs is 1. The summed E-state index contributed by atoms with van der Waals surface area (Å²) in [5.74, 6) is -3.50. The molecule has 1 amide bonds. The van der Waals surface area contributed by atoms with Gasteiger partial charge < -0.3 is 19.8 Å². The summed E-state index contributed by atoms with van der Waals surface area (Å²) in [4.78, 5) is 29.6. The fourth-order valence-corrected chi connectivity index (χ4v) is 3.06. The molecular weight excluding hydrogens is 367 g/mol. The Morgan fingerprint density at radius 1 is 1.42 bits per heavy atom. The Kier molecular flexibility index (Phi) is 4.69. The minimum atomic E-state index is -0.829. The van der Waals surface area contributed by atoms with Crippen LogP contribution in [0.15, 0.2) is 18.2 Å². The largest absolute Gasteiger partial charge is 0.503 e. The van der Waals surface area contributed by atoms with Crippen molar-refractivity contribution in [2.45, 2.75) is 13.0 Å². The molecule has 0 spiro atoms. The number of pyridine rings is 1. The van der Waals surface area contributed by atoms with Crippen LogP contribution in [-0.4, -0.2) is 45.6 Å². The van der Waals surface area contributed by atoms with E-state index in [0.717, 1.165) is 7.11 Å². The fourth-order valence-electron chi connectivity index (χ4n) is 2.85. The van der Waals surface area contributed by atoms with Crippen molar-refractivity contribution in [2.24, 2.45) is 0 Å². The predicted molar refractivity (Wildman–Crippen MR) is 88.8 cm³/mol. The zero-order valence-corrected chi connectivity index (χ0v) is 14.4. The van der Waals surface area contributed by atoms with E-state index < -0.39 is 29.3 Å². The van der Waals surface area contributed by atoms with Crippen LogP contribution in [0.4, 0.5) is 4.39 Å². The lowest BCUT2D eigenvalue weighted by Crippen LogP contribution is -2.38. The van der Waals surface area contributed by atoms with Gasteiger partial charge in [0.1, 0.15) is 5.82 Å². The Morgan fingerprint density at radius 2 is 2.15 bits per heavy atom. The molecule has 7 nitrogen and oxygen atoms in total. The number of hydrogen-bond donors (Lipinski definition) is 2. The van der Waals surface area contributed by atoms with E-state index in [2.05, 4.69) is 9.72 Å². The van der Waals surface area contributed by atoms with Crippen molar-refractivity contribution in [3.05, 3.63) is 51.4 Å². The quantitative estimate of drug-likeness (QED) is 0.792. The van der Waals surface area contributed by atoms with Gasteiger partial charge in [0, 0.05) is 18.7 Å². The molecule has 0 bridgehead atoms. The van der Waals surface area contributed by atoms with Crippen LogP contribution in [0, 0.1) is 5.82 Å². The summed E-state index contributed by atoms with van der Waals surface area (Å²) < 4.78 is 17.9. The second kappa shape index (κ2) is 6.80. The lowest BCUT2D eigenvalue weighted by atomic mass is 9.96. The van der Waals surface area contributed by atoms with E-state index >= 15 is 0 Å². The molecule has 0 aliphatic carbocycles. The van der Waals surface area contributed by atoms with Gasteiger partial charge in [-0.3, -0.25) is 4.79 Å². The molecule has 3 rings (SSSR count). The van der Waals surface area contributed by atoms with Crippen molar-refractivity contribution in [3.8, 4) is 11.6 Å². The maximum absolute atomic E-state index is 13.3. The number of methoxy groups -OCH3 is 1. The third-order valence-electron chi connectivity index (χ3n) is 4.12. The number of esters is 1. The average Bonchev–Trinajstić information content (AvgIpc) is 2.62. The number of amides is 1. The molecule has 136 valence electrons. The highest BCUT2D eigenvalue weighted by Crippen LogP contribution is 2.35. The van der Waals surface area contributed by atoms with Gasteiger partial charge in [-0.15, -0.1) is 0 Å². The van der Waals surface area contributed by atoms with Crippen LogP contribution < -0.4 is 0 Å². The zero-order valence-electron chi connectivity index (χ0n) is 13.6. The number of aromatic nitrogens is 1. The molecule has 9 heteroatoms. The zero-order chi connectivity index (χ0) is 19.0. The number of nitrogens with zero attached hydrogens (tertiary/aromatic N) is 2. The summed E-state index contributed by atoms with van der Waals surface area (Å²) >= 11 is 5.76. The highest BCUT2D eigenvalue weighted by molar-refractivity contribution is 6.30. The minimum Gasteiger partial charge on any atom is -0.503 e. The molecular formula is C17H14ClFN2O5. The first kappa shape index (κ1) is 17.9. The van der Waals surface area contributed by atoms with E-state index in [1.54, 1.807) is 0 Å². The summed E-state index contributed by atoms with van der Waals surface area (Å²) in [6.07, 6.45) is 0.223. The van der Waals surface area contributed by atoms with E-state index in [-0.39, 0.29) is 41.4 Å². The minimum absolute atomic E-state index is 0.0648. The Bertz CT molecular complexity index is 919. The van der Waals surface area contributed by atoms with Gasteiger partial charge in [-0.1, -0.05) is 17.7 Å². The molecule has 1 aliphatic rings. The van der Waals surface area contributed by atoms with Gasteiger partial charge >= 0.3 is 5.97 Å². The van der Waals surface area contributed by atoms with Crippen LogP contribution in [0.1, 0.15) is 32.0 Å². The second-order valence-electron chi connectivity index (χ2n) is 5.70. The standard InChI is InChI=1S/C17H14ClFN2O5/c1-26-17(25)13-9-4-5-21(7-8-2-3-11(19)10(18)6-8)16(24)12(9)14(22)15(23)20-13/h2-3,6,22H,4-5,7H2,1H3,(H,20,23). The van der Waals surface area contributed by atoms with E-state index in [4.69, 9.17) is 11.6 Å². The summed E-state index contributed by atoms with van der Waals surface area (Å²) in [6.45, 7) is 0.352. The summed E-state index contributed by atoms with van der Waals surface area (Å²) in [5, 5.41) is 19.8. The van der Waals surface area contributed by atoms with Gasteiger partial charge in [-0.25, -0.2) is 14.2 Å². The van der Waals surface area contributed by atoms with Crippen LogP contribution in [0.3, 0.4) is 0 Å². The van der Waals surface area contributed by atoms with Crippen LogP contribution in [0.25, 0.3) is 0 Å². The highest BCUT2D eigenvalue weighted by Gasteiger charge is 2.34. The fraction of sp³-hybridized carbons (Fsp3) is 0.235. The van der Waals surface area contributed by atoms with Crippen molar-refractivity contribution in [1.82, 2.24) is 9.88 Å². The Morgan fingerprint density at radius 3 is 2.81 bits per heavy atom. The van der Waals surface area contributed by atoms with Crippen LogP contribution in [0.5, 0.6) is 11.6 Å². The number of halogens is 2. The smallest absolute Gasteiger partial charge is 0.357 e. The van der Waals surface area contributed by atoms with Gasteiger partial charge in [-0.2, -0.15) is 0 Å². The second-order valence-corrected chi connectivity index (χ2v) is 6.11. The molecule has 0 saturated heterocycles. The van der Waals surface area contributed by atoms with Gasteiger partial charge in [0.2, 0.25) is 0 Å². The van der Waals surface area contributed by atoms with E-state index in [9.17, 15) is 24.2 Å². The molecule has 1 aromatic heterocycles. The first-order valence-corrected chi connectivity index (χ1v) is 7.97. The SMILES string of the molecule is COC(=O)c1nc(O)c(O)c2c1CCN(Cc1ccc(F)c(Cl)c1)C2=O. The number of hydrogen-bond acceptors (Lipinski definition) is 6. The van der Waals surface area contributed by atoms with Crippen LogP contribution >= 0.6 is 11.6 Å². The predicted octanol–water partition coefficient (Wildman–Crippen LogP) is 2.27. The molecule has 0 saturated carbocycles. The van der Waals surface area contributed by atoms with Crippen molar-refractivity contribution < 1.29 is 28.9 Å². The lowest BCUT2D eigenvalue weighted by Gasteiger charge is -2.29. The van der Waals surface area contributed by atoms with Gasteiger partial charge in [0.25, 0.3) is 11.8 Å². The number of aromatic hydroxyl groups is 2. The average molecular weight is 381 g/mol. The molecule has 0 radical (unpaired) electrons. The summed E-state index contributed by atoms with van der Waals surface area (Å²) in [5.41, 5.74) is 0.401. The highest BCUT2D eigenvalue weighted by atomic mass is 35.5. The number of carbonyl (C=O) groups excluding carboxylic acids is 2. The summed E-state index contributed by atoms with van der Waals surface area (Å²) in [6, 6.07) is 4.10. The molecule has 0 fully saturated rings. The van der Waals surface area contributed by atoms with Gasteiger partial charge in [0.05, 0.1) is 17.7 Å². The van der Waals surface area contributed by atoms with Crippen molar-refractivity contribution in [1.29, 1.82) is 0 Å². The Balaban J connectivity index is 1.98. The van der Waals surface area contributed by atoms with Crippen molar-refractivity contribution in [2.75, 3.05) is 13.7 Å². The summed E-state index contributed by atoms with van der Waals surface area (Å²) in [7, 11) is 1.15. The number of benzene rings is 1. The Hall–Kier alpha value is -2.87. The molecule has 1 aliphatic heterocycles. The van der Waals surface area contributed by atoms with Crippen molar-refractivity contribution >= 4 is 23.5 Å². The normalized spacial score (nSPS) is 13.5. The van der Waals surface area contributed by atoms with Crippen LogP contribution in [-0.2, 0) is 17.7 Å². The number of rotatable bonds is 3. The first-order chi connectivity index (χ1) is 12.3. The van der Waals surface area contributed by atoms with E-state index in [1.807, 2.05) is 0 Å². The van der Waals surface area contributed by atoms with Gasteiger partial charge in [-0.05, 0) is 24.1 Å². The number of ether oxygens (including phenoxy) is 1. The lowest BCUT2D eigenvalue weighted by molar-refractivity contribution is 0.0589. The first-order valence-electron chi connectivity index (χ1n) is 7.59. The van der Waals surface area contributed by atoms with Gasteiger partial charge in [0.15, 0.2) is 11.4 Å². The maximum Gasteiger partial charge on any atom is 0.357 e. The maximum atomic E-state index is 13.3. The van der Waals surface area contributed by atoms with Crippen molar-refractivity contribution in [3.63, 3.8) is 0 Å². The van der Waals surface area contributed by atoms with Crippen LogP contribution in [0.2, 0.25) is 5.02 Å². The van der Waals surface area contributed by atoms with E-state index in [1.165, 1.54) is 23.1 Å². The molecule has 0 atom stereocenters. The topological polar surface area (TPSA) is 100.0 Å². The van der Waals surface area contributed by atoms with E-state index in [0.29, 0.717) is 5.56 Å². The number of carbonyl (C=O) groups is 2. The third-order valence-corrected chi connectivity index (χ3v) is 4.41. The molecule has 0 unspecified atom stereocenters. The molecule has 26 heavy (non-hydrogen) atoms. The molecule has 2 heterocycles. The molecule has 2 aromatic rings. The third kappa shape index (κ3) is 3.03. The molecule has 2 N–H and O–H groups in total.